The first-order valence-corrected chi connectivity index (χ1v) is 8.62. The fraction of sp³-hybridized carbons (Fsp3) is 0.316. The molecule has 0 spiro atoms. The highest BCUT2D eigenvalue weighted by Gasteiger charge is 2.45. The Morgan fingerprint density at radius 3 is 2.46 bits per heavy atom. The van der Waals surface area contributed by atoms with Crippen molar-refractivity contribution in [2.24, 2.45) is 5.73 Å². The molecule has 3 N–H and O–H groups in total. The number of amides is 1. The van der Waals surface area contributed by atoms with Crippen molar-refractivity contribution in [3.63, 3.8) is 0 Å². The van der Waals surface area contributed by atoms with Crippen LogP contribution in [-0.4, -0.2) is 12.5 Å². The number of carbonyl (C=O) groups excluding carboxylic acids is 1. The molecule has 0 saturated heterocycles. The van der Waals surface area contributed by atoms with Crippen molar-refractivity contribution in [1.82, 2.24) is 5.32 Å². The molecule has 5 heteroatoms. The van der Waals surface area contributed by atoms with Crippen LogP contribution in [0.15, 0.2) is 59.1 Å². The topological polar surface area (TPSA) is 55.1 Å². The summed E-state index contributed by atoms with van der Waals surface area (Å²) in [6, 6.07) is 17.8. The van der Waals surface area contributed by atoms with E-state index < -0.39 is 5.54 Å². The molecule has 128 valence electrons. The van der Waals surface area contributed by atoms with Gasteiger partial charge in [0.25, 0.3) is 0 Å². The third-order valence-electron chi connectivity index (χ3n) is 4.72. The second-order valence-electron chi connectivity index (χ2n) is 6.54. The molecule has 0 radical (unpaired) electrons. The minimum absolute atomic E-state index is 0. The number of carbonyl (C=O) groups is 1. The summed E-state index contributed by atoms with van der Waals surface area (Å²) in [4.78, 5) is 12.6. The molecule has 2 aromatic carbocycles. The van der Waals surface area contributed by atoms with E-state index in [1.54, 1.807) is 6.92 Å². The largest absolute Gasteiger partial charge is 0.353 e. The van der Waals surface area contributed by atoms with Gasteiger partial charge in [-0.15, -0.1) is 12.4 Å². The fourth-order valence-electron chi connectivity index (χ4n) is 2.89. The molecule has 1 unspecified atom stereocenters. The Morgan fingerprint density at radius 2 is 1.88 bits per heavy atom. The lowest BCUT2D eigenvalue weighted by Crippen LogP contribution is -2.50. The Labute approximate surface area is 157 Å². The molecular weight excluding hydrogens is 388 g/mol. The molecule has 24 heavy (non-hydrogen) atoms. The van der Waals surface area contributed by atoms with Gasteiger partial charge in [-0.3, -0.25) is 4.79 Å². The fourth-order valence-corrected chi connectivity index (χ4v) is 3.28. The normalized spacial score (nSPS) is 17.3. The van der Waals surface area contributed by atoms with Crippen molar-refractivity contribution >= 4 is 34.2 Å². The van der Waals surface area contributed by atoms with Crippen LogP contribution in [0.2, 0.25) is 0 Å². The van der Waals surface area contributed by atoms with Gasteiger partial charge in [-0.2, -0.15) is 0 Å². The van der Waals surface area contributed by atoms with Crippen LogP contribution in [0, 0.1) is 0 Å². The lowest BCUT2D eigenvalue weighted by atomic mass is 9.91. The van der Waals surface area contributed by atoms with Crippen molar-refractivity contribution in [3.8, 4) is 0 Å². The van der Waals surface area contributed by atoms with E-state index in [-0.39, 0.29) is 23.7 Å². The number of hydrogen-bond acceptors (Lipinski definition) is 2. The first kappa shape index (κ1) is 19.0. The molecule has 0 aliphatic heterocycles. The molecule has 1 atom stereocenters. The van der Waals surface area contributed by atoms with E-state index in [1.807, 2.05) is 42.5 Å². The van der Waals surface area contributed by atoms with Gasteiger partial charge in [0, 0.05) is 16.4 Å². The smallest absolute Gasteiger partial charge is 0.244 e. The Balaban J connectivity index is 0.00000208. The number of nitrogens with two attached hydrogens (primary N) is 1. The Kier molecular flexibility index (Phi) is 5.74. The number of rotatable bonds is 5. The number of halogens is 2. The maximum atomic E-state index is 12.6. The molecule has 1 aliphatic rings. The third kappa shape index (κ3) is 3.82. The van der Waals surface area contributed by atoms with Crippen LogP contribution in [0.5, 0.6) is 0 Å². The number of hydrogen-bond donors (Lipinski definition) is 2. The maximum absolute atomic E-state index is 12.6. The molecule has 2 aromatic rings. The van der Waals surface area contributed by atoms with E-state index in [2.05, 4.69) is 33.4 Å². The highest BCUT2D eigenvalue weighted by molar-refractivity contribution is 9.10. The molecular formula is C19H22BrClN2O. The summed E-state index contributed by atoms with van der Waals surface area (Å²) in [6.45, 7) is 2.39. The maximum Gasteiger partial charge on any atom is 0.244 e. The zero-order valence-electron chi connectivity index (χ0n) is 13.6. The number of benzene rings is 2. The van der Waals surface area contributed by atoms with E-state index in [9.17, 15) is 4.79 Å². The van der Waals surface area contributed by atoms with E-state index in [0.717, 1.165) is 22.9 Å². The predicted molar refractivity (Wildman–Crippen MR) is 103 cm³/mol. The van der Waals surface area contributed by atoms with Gasteiger partial charge >= 0.3 is 0 Å². The van der Waals surface area contributed by atoms with Crippen LogP contribution in [0.25, 0.3) is 0 Å². The standard InChI is InChI=1S/C19H21BrN2O.ClH/c1-18(21,14-6-3-2-4-7-14)17(23)22-13-19(10-11-19)15-8-5-9-16(20)12-15;/h2-9,12H,10-11,13,21H2,1H3,(H,22,23);1H. The first-order valence-electron chi connectivity index (χ1n) is 7.83. The average Bonchev–Trinajstić information content (AvgIpc) is 3.34. The van der Waals surface area contributed by atoms with E-state index in [1.165, 1.54) is 5.56 Å². The third-order valence-corrected chi connectivity index (χ3v) is 5.22. The highest BCUT2D eigenvalue weighted by Crippen LogP contribution is 2.48. The summed E-state index contributed by atoms with van der Waals surface area (Å²) in [6.07, 6.45) is 2.19. The Hall–Kier alpha value is -1.36. The summed E-state index contributed by atoms with van der Waals surface area (Å²) in [5.74, 6) is -0.134. The van der Waals surface area contributed by atoms with Gasteiger partial charge in [-0.05, 0) is 43.0 Å². The van der Waals surface area contributed by atoms with Crippen molar-refractivity contribution in [3.05, 3.63) is 70.2 Å². The lowest BCUT2D eigenvalue weighted by Gasteiger charge is -2.26. The SMILES string of the molecule is CC(N)(C(=O)NCC1(c2cccc(Br)c2)CC1)c1ccccc1.Cl. The van der Waals surface area contributed by atoms with Gasteiger partial charge in [0.05, 0.1) is 0 Å². The van der Waals surface area contributed by atoms with E-state index >= 15 is 0 Å². The minimum Gasteiger partial charge on any atom is -0.353 e. The van der Waals surface area contributed by atoms with Crippen molar-refractivity contribution in [1.29, 1.82) is 0 Å². The zero-order valence-corrected chi connectivity index (χ0v) is 16.0. The van der Waals surface area contributed by atoms with Crippen LogP contribution in [0.4, 0.5) is 0 Å². The summed E-state index contributed by atoms with van der Waals surface area (Å²) in [5, 5.41) is 3.06. The second kappa shape index (κ2) is 7.26. The van der Waals surface area contributed by atoms with Gasteiger partial charge in [0.1, 0.15) is 5.54 Å². The summed E-state index contributed by atoms with van der Waals surface area (Å²) in [7, 11) is 0. The average molecular weight is 410 g/mol. The summed E-state index contributed by atoms with van der Waals surface area (Å²) >= 11 is 3.52. The lowest BCUT2D eigenvalue weighted by molar-refractivity contribution is -0.126. The van der Waals surface area contributed by atoms with Gasteiger partial charge in [0.15, 0.2) is 0 Å². The minimum atomic E-state index is -1.02. The molecule has 3 nitrogen and oxygen atoms in total. The number of nitrogens with one attached hydrogen (secondary N) is 1. The first-order chi connectivity index (χ1) is 10.9. The van der Waals surface area contributed by atoms with Crippen LogP contribution in [-0.2, 0) is 15.7 Å². The van der Waals surface area contributed by atoms with E-state index in [0.29, 0.717) is 6.54 Å². The Bertz CT molecular complexity index is 714. The molecule has 1 amide bonds. The molecule has 0 bridgehead atoms. The van der Waals surface area contributed by atoms with Crippen molar-refractivity contribution in [2.45, 2.75) is 30.7 Å². The quantitative estimate of drug-likeness (QED) is 0.787. The monoisotopic (exact) mass is 408 g/mol. The van der Waals surface area contributed by atoms with Crippen LogP contribution < -0.4 is 11.1 Å². The molecule has 0 aromatic heterocycles. The molecule has 1 aliphatic carbocycles. The summed E-state index contributed by atoms with van der Waals surface area (Å²) in [5.41, 5.74) is 7.41. The van der Waals surface area contributed by atoms with Gasteiger partial charge in [-0.1, -0.05) is 58.4 Å². The second-order valence-corrected chi connectivity index (χ2v) is 7.46. The van der Waals surface area contributed by atoms with Crippen molar-refractivity contribution < 1.29 is 4.79 Å². The van der Waals surface area contributed by atoms with Crippen LogP contribution in [0.3, 0.4) is 0 Å². The van der Waals surface area contributed by atoms with Crippen LogP contribution >= 0.6 is 28.3 Å². The zero-order chi connectivity index (χ0) is 16.5. The van der Waals surface area contributed by atoms with Gasteiger partial charge < -0.3 is 11.1 Å². The highest BCUT2D eigenvalue weighted by atomic mass is 79.9. The molecule has 1 saturated carbocycles. The molecule has 1 fully saturated rings. The Morgan fingerprint density at radius 1 is 1.21 bits per heavy atom. The van der Waals surface area contributed by atoms with Crippen LogP contribution in [0.1, 0.15) is 30.9 Å². The van der Waals surface area contributed by atoms with Gasteiger partial charge in [-0.25, -0.2) is 0 Å². The van der Waals surface area contributed by atoms with Crippen molar-refractivity contribution in [2.75, 3.05) is 6.54 Å². The molecule has 3 rings (SSSR count). The van der Waals surface area contributed by atoms with Gasteiger partial charge in [0.2, 0.25) is 5.91 Å². The van der Waals surface area contributed by atoms with E-state index in [4.69, 9.17) is 5.73 Å². The summed E-state index contributed by atoms with van der Waals surface area (Å²) < 4.78 is 1.07. The predicted octanol–water partition coefficient (Wildman–Crippen LogP) is 3.89. The molecule has 0 heterocycles.